The number of hydrogen-bond acceptors (Lipinski definition) is 0. The van der Waals surface area contributed by atoms with Gasteiger partial charge in [-0.15, -0.1) is 0 Å². The molecule has 1 unspecified atom stereocenters. The van der Waals surface area contributed by atoms with Gasteiger partial charge in [0, 0.05) is 4.83 Å². The van der Waals surface area contributed by atoms with Crippen molar-refractivity contribution in [2.45, 2.75) is 68.5 Å². The summed E-state index contributed by atoms with van der Waals surface area (Å²) in [5.74, 6) is 1.81. The maximum Gasteiger partial charge on any atom is 0.0397 e. The van der Waals surface area contributed by atoms with Crippen LogP contribution in [-0.2, 0) is 0 Å². The summed E-state index contributed by atoms with van der Waals surface area (Å²) in [6.45, 7) is 0. The molecule has 0 aliphatic heterocycles. The van der Waals surface area contributed by atoms with Gasteiger partial charge in [0.1, 0.15) is 0 Å². The van der Waals surface area contributed by atoms with Crippen molar-refractivity contribution in [3.8, 4) is 0 Å². The first-order valence-corrected chi connectivity index (χ1v) is 8.98. The standard InChI is InChI=1S/C18H25Br/c19-18(13-14-5-4-6-14)17-11-9-16(10-12-17)15-7-2-1-3-8-15/h9-12,14-15,18H,1-8,13H2. The topological polar surface area (TPSA) is 0 Å². The SMILES string of the molecule is BrC(CC1CCC1)c1ccc(C2CCCCC2)cc1. The van der Waals surface area contributed by atoms with E-state index in [0.717, 1.165) is 11.8 Å². The van der Waals surface area contributed by atoms with E-state index in [2.05, 4.69) is 40.2 Å². The van der Waals surface area contributed by atoms with E-state index >= 15 is 0 Å². The minimum Gasteiger partial charge on any atom is -0.0839 e. The van der Waals surface area contributed by atoms with Gasteiger partial charge in [0.2, 0.25) is 0 Å². The van der Waals surface area contributed by atoms with E-state index in [1.807, 2.05) is 0 Å². The van der Waals surface area contributed by atoms with Crippen LogP contribution in [0.15, 0.2) is 24.3 Å². The van der Waals surface area contributed by atoms with Crippen LogP contribution in [0.1, 0.15) is 79.7 Å². The minimum absolute atomic E-state index is 0.568. The van der Waals surface area contributed by atoms with Crippen LogP contribution in [-0.4, -0.2) is 0 Å². The molecule has 0 radical (unpaired) electrons. The first kappa shape index (κ1) is 13.7. The Kier molecular flexibility index (Phi) is 4.63. The fourth-order valence-corrected chi connectivity index (χ4v) is 4.40. The van der Waals surface area contributed by atoms with E-state index in [-0.39, 0.29) is 0 Å². The summed E-state index contributed by atoms with van der Waals surface area (Å²) in [7, 11) is 0. The Hall–Kier alpha value is -0.300. The highest BCUT2D eigenvalue weighted by atomic mass is 79.9. The highest BCUT2D eigenvalue weighted by Crippen LogP contribution is 2.39. The quantitative estimate of drug-likeness (QED) is 0.566. The summed E-state index contributed by atoms with van der Waals surface area (Å²) in [5.41, 5.74) is 3.05. The molecule has 2 aliphatic rings. The molecular weight excluding hydrogens is 296 g/mol. The first-order chi connectivity index (χ1) is 9.33. The van der Waals surface area contributed by atoms with Gasteiger partial charge in [0.15, 0.2) is 0 Å². The van der Waals surface area contributed by atoms with Crippen LogP contribution in [0.2, 0.25) is 0 Å². The Morgan fingerprint density at radius 1 is 0.895 bits per heavy atom. The van der Waals surface area contributed by atoms with Crippen LogP contribution < -0.4 is 0 Å². The first-order valence-electron chi connectivity index (χ1n) is 8.07. The third-order valence-corrected chi connectivity index (χ3v) is 6.04. The lowest BCUT2D eigenvalue weighted by Crippen LogP contribution is -2.12. The van der Waals surface area contributed by atoms with Gasteiger partial charge in [-0.25, -0.2) is 0 Å². The minimum atomic E-state index is 0.568. The van der Waals surface area contributed by atoms with Crippen molar-refractivity contribution in [1.29, 1.82) is 0 Å². The highest BCUT2D eigenvalue weighted by Gasteiger charge is 2.22. The lowest BCUT2D eigenvalue weighted by molar-refractivity contribution is 0.295. The fraction of sp³-hybridized carbons (Fsp3) is 0.667. The van der Waals surface area contributed by atoms with Crippen LogP contribution in [0.5, 0.6) is 0 Å². The molecule has 0 amide bonds. The van der Waals surface area contributed by atoms with Crippen molar-refractivity contribution in [3.63, 3.8) is 0 Å². The zero-order chi connectivity index (χ0) is 13.1. The Labute approximate surface area is 126 Å². The summed E-state index contributed by atoms with van der Waals surface area (Å²) in [4.78, 5) is 0.568. The van der Waals surface area contributed by atoms with Gasteiger partial charge in [0.05, 0.1) is 0 Å². The largest absolute Gasteiger partial charge is 0.0839 e. The highest BCUT2D eigenvalue weighted by molar-refractivity contribution is 9.09. The van der Waals surface area contributed by atoms with E-state index in [4.69, 9.17) is 0 Å². The molecule has 0 heterocycles. The van der Waals surface area contributed by atoms with Gasteiger partial charge >= 0.3 is 0 Å². The van der Waals surface area contributed by atoms with E-state index in [9.17, 15) is 0 Å². The number of alkyl halides is 1. The predicted molar refractivity (Wildman–Crippen MR) is 85.9 cm³/mol. The average Bonchev–Trinajstić information content (AvgIpc) is 2.44. The van der Waals surface area contributed by atoms with Crippen LogP contribution in [0.3, 0.4) is 0 Å². The van der Waals surface area contributed by atoms with E-state index in [1.54, 1.807) is 5.56 Å². The molecule has 2 aliphatic carbocycles. The monoisotopic (exact) mass is 320 g/mol. The van der Waals surface area contributed by atoms with Crippen molar-refractivity contribution in [2.75, 3.05) is 0 Å². The zero-order valence-corrected chi connectivity index (χ0v) is 13.4. The Balaban J connectivity index is 1.60. The Morgan fingerprint density at radius 3 is 2.16 bits per heavy atom. The molecule has 0 bridgehead atoms. The Bertz CT molecular complexity index is 385. The fourth-order valence-electron chi connectivity index (χ4n) is 3.57. The number of hydrogen-bond donors (Lipinski definition) is 0. The molecule has 0 spiro atoms. The van der Waals surface area contributed by atoms with E-state index < -0.39 is 0 Å². The maximum absolute atomic E-state index is 3.88. The molecule has 0 saturated heterocycles. The smallest absolute Gasteiger partial charge is 0.0397 e. The van der Waals surface area contributed by atoms with Gasteiger partial charge in [-0.3, -0.25) is 0 Å². The summed E-state index contributed by atoms with van der Waals surface area (Å²) in [5, 5.41) is 0. The molecule has 1 aromatic rings. The molecule has 2 fully saturated rings. The van der Waals surface area contributed by atoms with Crippen molar-refractivity contribution >= 4 is 15.9 Å². The molecule has 1 heteroatoms. The van der Waals surface area contributed by atoms with Crippen molar-refractivity contribution in [2.24, 2.45) is 5.92 Å². The molecule has 0 nitrogen and oxygen atoms in total. The third kappa shape index (κ3) is 3.42. The molecule has 0 N–H and O–H groups in total. The summed E-state index contributed by atoms with van der Waals surface area (Å²) in [6, 6.07) is 9.50. The lowest BCUT2D eigenvalue weighted by Gasteiger charge is -2.28. The second-order valence-corrected chi connectivity index (χ2v) is 7.61. The van der Waals surface area contributed by atoms with Gasteiger partial charge in [-0.2, -0.15) is 0 Å². The second kappa shape index (κ2) is 6.43. The summed E-state index contributed by atoms with van der Waals surface area (Å²) >= 11 is 3.88. The van der Waals surface area contributed by atoms with Crippen LogP contribution in [0.25, 0.3) is 0 Å². The average molecular weight is 321 g/mol. The van der Waals surface area contributed by atoms with Crippen LogP contribution in [0, 0.1) is 5.92 Å². The van der Waals surface area contributed by atoms with E-state index in [1.165, 1.54) is 63.4 Å². The Morgan fingerprint density at radius 2 is 1.58 bits per heavy atom. The molecule has 1 aromatic carbocycles. The number of halogens is 1. The van der Waals surface area contributed by atoms with Gasteiger partial charge in [0.25, 0.3) is 0 Å². The van der Waals surface area contributed by atoms with Crippen molar-refractivity contribution in [3.05, 3.63) is 35.4 Å². The summed E-state index contributed by atoms with van der Waals surface area (Å²) in [6.07, 6.45) is 12.8. The molecule has 1 atom stereocenters. The molecule has 0 aromatic heterocycles. The predicted octanol–water partition coefficient (Wildman–Crippen LogP) is 6.36. The lowest BCUT2D eigenvalue weighted by atomic mass is 9.81. The maximum atomic E-state index is 3.88. The zero-order valence-electron chi connectivity index (χ0n) is 11.8. The molecule has 19 heavy (non-hydrogen) atoms. The molecular formula is C18H25Br. The van der Waals surface area contributed by atoms with Gasteiger partial charge in [-0.1, -0.05) is 78.7 Å². The number of benzene rings is 1. The van der Waals surface area contributed by atoms with Crippen LogP contribution >= 0.6 is 15.9 Å². The number of rotatable bonds is 4. The van der Waals surface area contributed by atoms with Gasteiger partial charge < -0.3 is 0 Å². The van der Waals surface area contributed by atoms with Crippen molar-refractivity contribution in [1.82, 2.24) is 0 Å². The summed E-state index contributed by atoms with van der Waals surface area (Å²) < 4.78 is 0. The van der Waals surface area contributed by atoms with E-state index in [0.29, 0.717) is 4.83 Å². The normalized spacial score (nSPS) is 23.0. The third-order valence-electron chi connectivity index (χ3n) is 5.14. The van der Waals surface area contributed by atoms with Crippen molar-refractivity contribution < 1.29 is 0 Å². The van der Waals surface area contributed by atoms with Gasteiger partial charge in [-0.05, 0) is 42.2 Å². The molecule has 2 saturated carbocycles. The molecule has 3 rings (SSSR count). The van der Waals surface area contributed by atoms with Crippen LogP contribution in [0.4, 0.5) is 0 Å². The second-order valence-electron chi connectivity index (χ2n) is 6.50. The molecule has 104 valence electrons.